The molecule has 0 saturated heterocycles. The second-order valence-electron chi connectivity index (χ2n) is 7.34. The Hall–Kier alpha value is -2.21. The van der Waals surface area contributed by atoms with Gasteiger partial charge in [0.1, 0.15) is 5.41 Å². The van der Waals surface area contributed by atoms with Crippen LogP contribution in [-0.4, -0.2) is 29.5 Å². The van der Waals surface area contributed by atoms with Gasteiger partial charge >= 0.3 is 5.97 Å². The molecule has 2 rings (SSSR count). The van der Waals surface area contributed by atoms with Crippen LogP contribution in [0.25, 0.3) is 0 Å². The lowest BCUT2D eigenvalue weighted by atomic mass is 9.67. The minimum absolute atomic E-state index is 0.137. The molecule has 1 atom stereocenters. The summed E-state index contributed by atoms with van der Waals surface area (Å²) in [6.45, 7) is 5.94. The molecule has 27 heavy (non-hydrogen) atoms. The molecule has 148 valence electrons. The number of rotatable bonds is 8. The van der Waals surface area contributed by atoms with Crippen LogP contribution in [0.5, 0.6) is 0 Å². The molecule has 1 amide bonds. The summed E-state index contributed by atoms with van der Waals surface area (Å²) >= 11 is 0. The Balaban J connectivity index is 2.20. The molecule has 0 spiro atoms. The number of carbonyl (C=O) groups is 3. The normalized spacial score (nSPS) is 18.7. The molecule has 0 saturated carbocycles. The average Bonchev–Trinajstić information content (AvgIpc) is 2.63. The zero-order valence-electron chi connectivity index (χ0n) is 16.4. The highest BCUT2D eigenvalue weighted by Gasteiger charge is 2.49. The minimum atomic E-state index is -1.14. The molecule has 1 unspecified atom stereocenters. The molecule has 6 nitrogen and oxygen atoms in total. The SMILES string of the molecule is CCOC(=O)C1(CCCCCC(=O)NO)CCc2c(C)cc(C)cc2C1=O. The number of unbranched alkanes of at least 4 members (excludes halogenated alkanes) is 2. The van der Waals surface area contributed by atoms with E-state index in [1.54, 1.807) is 12.4 Å². The van der Waals surface area contributed by atoms with E-state index in [2.05, 4.69) is 6.07 Å². The Bertz CT molecular complexity index is 728. The lowest BCUT2D eigenvalue weighted by Crippen LogP contribution is -2.44. The minimum Gasteiger partial charge on any atom is -0.465 e. The Morgan fingerprint density at radius 1 is 1.22 bits per heavy atom. The highest BCUT2D eigenvalue weighted by Crippen LogP contribution is 2.42. The fraction of sp³-hybridized carbons (Fsp3) is 0.571. The summed E-state index contributed by atoms with van der Waals surface area (Å²) in [6.07, 6.45) is 3.70. The molecule has 2 N–H and O–H groups in total. The topological polar surface area (TPSA) is 92.7 Å². The third-order valence-electron chi connectivity index (χ3n) is 5.40. The lowest BCUT2D eigenvalue weighted by Gasteiger charge is -2.35. The summed E-state index contributed by atoms with van der Waals surface area (Å²) in [5.41, 5.74) is 4.25. The molecule has 0 fully saturated rings. The van der Waals surface area contributed by atoms with Crippen LogP contribution in [0.15, 0.2) is 12.1 Å². The van der Waals surface area contributed by atoms with E-state index < -0.39 is 17.3 Å². The number of benzene rings is 1. The van der Waals surface area contributed by atoms with Gasteiger partial charge in [-0.1, -0.05) is 24.5 Å². The van der Waals surface area contributed by atoms with Crippen molar-refractivity contribution >= 4 is 17.7 Å². The summed E-state index contributed by atoms with van der Waals surface area (Å²) in [4.78, 5) is 37.3. The first-order valence-electron chi connectivity index (χ1n) is 9.60. The Kier molecular flexibility index (Phi) is 7.13. The number of aryl methyl sites for hydroxylation is 2. The van der Waals surface area contributed by atoms with Gasteiger partial charge in [0.25, 0.3) is 0 Å². The number of fused-ring (bicyclic) bond motifs is 1. The van der Waals surface area contributed by atoms with Gasteiger partial charge < -0.3 is 4.74 Å². The monoisotopic (exact) mass is 375 g/mol. The molecule has 1 aliphatic rings. The van der Waals surface area contributed by atoms with E-state index in [4.69, 9.17) is 9.94 Å². The van der Waals surface area contributed by atoms with E-state index in [1.807, 2.05) is 19.9 Å². The summed E-state index contributed by atoms with van der Waals surface area (Å²) < 4.78 is 5.29. The van der Waals surface area contributed by atoms with Crippen molar-refractivity contribution in [3.05, 3.63) is 34.4 Å². The van der Waals surface area contributed by atoms with Gasteiger partial charge in [0.15, 0.2) is 5.78 Å². The zero-order chi connectivity index (χ0) is 20.0. The predicted molar refractivity (Wildman–Crippen MR) is 101 cm³/mol. The highest BCUT2D eigenvalue weighted by atomic mass is 16.5. The van der Waals surface area contributed by atoms with Crippen molar-refractivity contribution in [2.75, 3.05) is 6.61 Å². The standard InChI is InChI=1S/C21H29NO5/c1-4-27-20(25)21(10-7-5-6-8-18(23)22-26)11-9-16-15(3)12-14(2)13-17(16)19(21)24/h12-13,26H,4-11H2,1-3H3,(H,22,23). The smallest absolute Gasteiger partial charge is 0.320 e. The van der Waals surface area contributed by atoms with Gasteiger partial charge in [0, 0.05) is 12.0 Å². The molecule has 6 heteroatoms. The predicted octanol–water partition coefficient (Wildman–Crippen LogP) is 3.44. The quantitative estimate of drug-likeness (QED) is 0.239. The summed E-state index contributed by atoms with van der Waals surface area (Å²) in [5.74, 6) is -1.00. The Morgan fingerprint density at radius 3 is 2.63 bits per heavy atom. The fourth-order valence-corrected chi connectivity index (χ4v) is 3.99. The van der Waals surface area contributed by atoms with Crippen LogP contribution in [0, 0.1) is 19.3 Å². The van der Waals surface area contributed by atoms with Crippen LogP contribution in [-0.2, 0) is 20.7 Å². The molecular formula is C21H29NO5. The van der Waals surface area contributed by atoms with E-state index in [9.17, 15) is 14.4 Å². The van der Waals surface area contributed by atoms with Gasteiger partial charge in [-0.3, -0.25) is 19.6 Å². The number of esters is 1. The molecule has 1 aromatic rings. The maximum Gasteiger partial charge on any atom is 0.320 e. The molecule has 0 aliphatic heterocycles. The molecular weight excluding hydrogens is 346 g/mol. The molecule has 0 radical (unpaired) electrons. The number of amides is 1. The Labute approximate surface area is 160 Å². The summed E-state index contributed by atoms with van der Waals surface area (Å²) in [5, 5.41) is 8.54. The third-order valence-corrected chi connectivity index (χ3v) is 5.40. The van der Waals surface area contributed by atoms with Crippen LogP contribution < -0.4 is 5.48 Å². The molecule has 0 heterocycles. The number of ether oxygens (including phenoxy) is 1. The third kappa shape index (κ3) is 4.56. The number of ketones is 1. The second kappa shape index (κ2) is 9.13. The summed E-state index contributed by atoms with van der Waals surface area (Å²) in [6, 6.07) is 3.94. The van der Waals surface area contributed by atoms with Crippen molar-refractivity contribution in [1.29, 1.82) is 0 Å². The number of hydrogen-bond donors (Lipinski definition) is 2. The van der Waals surface area contributed by atoms with Crippen molar-refractivity contribution in [1.82, 2.24) is 5.48 Å². The molecule has 1 aromatic carbocycles. The van der Waals surface area contributed by atoms with E-state index in [1.165, 1.54) is 0 Å². The largest absolute Gasteiger partial charge is 0.465 e. The first-order valence-corrected chi connectivity index (χ1v) is 9.60. The number of Topliss-reactive ketones (excluding diaryl/α,β-unsaturated/α-hetero) is 1. The van der Waals surface area contributed by atoms with Crippen LogP contribution in [0.4, 0.5) is 0 Å². The van der Waals surface area contributed by atoms with Crippen molar-refractivity contribution in [2.45, 2.75) is 65.7 Å². The van der Waals surface area contributed by atoms with Gasteiger partial charge in [-0.25, -0.2) is 5.48 Å². The maximum absolute atomic E-state index is 13.4. The van der Waals surface area contributed by atoms with E-state index in [0.29, 0.717) is 44.1 Å². The molecule has 0 aromatic heterocycles. The highest BCUT2D eigenvalue weighted by molar-refractivity contribution is 6.14. The van der Waals surface area contributed by atoms with Gasteiger partial charge in [0.2, 0.25) is 5.91 Å². The average molecular weight is 375 g/mol. The van der Waals surface area contributed by atoms with Crippen LogP contribution in [0.2, 0.25) is 0 Å². The zero-order valence-corrected chi connectivity index (χ0v) is 16.4. The van der Waals surface area contributed by atoms with Crippen molar-refractivity contribution in [3.63, 3.8) is 0 Å². The van der Waals surface area contributed by atoms with Crippen molar-refractivity contribution in [3.8, 4) is 0 Å². The lowest BCUT2D eigenvalue weighted by molar-refractivity contribution is -0.153. The fourth-order valence-electron chi connectivity index (χ4n) is 3.99. The Morgan fingerprint density at radius 2 is 1.96 bits per heavy atom. The van der Waals surface area contributed by atoms with Gasteiger partial charge in [0.05, 0.1) is 6.61 Å². The van der Waals surface area contributed by atoms with Crippen LogP contribution in [0.3, 0.4) is 0 Å². The second-order valence-corrected chi connectivity index (χ2v) is 7.34. The van der Waals surface area contributed by atoms with Crippen LogP contribution >= 0.6 is 0 Å². The van der Waals surface area contributed by atoms with E-state index >= 15 is 0 Å². The molecule has 0 bridgehead atoms. The van der Waals surface area contributed by atoms with E-state index in [0.717, 1.165) is 16.7 Å². The van der Waals surface area contributed by atoms with E-state index in [-0.39, 0.29) is 18.8 Å². The first-order chi connectivity index (χ1) is 12.9. The van der Waals surface area contributed by atoms with Crippen molar-refractivity contribution < 1.29 is 24.3 Å². The van der Waals surface area contributed by atoms with Gasteiger partial charge in [-0.05, 0) is 63.6 Å². The summed E-state index contributed by atoms with van der Waals surface area (Å²) in [7, 11) is 0. The maximum atomic E-state index is 13.4. The van der Waals surface area contributed by atoms with Gasteiger partial charge in [-0.15, -0.1) is 0 Å². The van der Waals surface area contributed by atoms with Gasteiger partial charge in [-0.2, -0.15) is 0 Å². The number of carbonyl (C=O) groups excluding carboxylic acids is 3. The first kappa shape index (κ1) is 21.1. The van der Waals surface area contributed by atoms with Crippen LogP contribution in [0.1, 0.15) is 72.5 Å². The van der Waals surface area contributed by atoms with Crippen molar-refractivity contribution in [2.24, 2.45) is 5.41 Å². The number of hydrogen-bond acceptors (Lipinski definition) is 5. The number of nitrogens with one attached hydrogen (secondary N) is 1. The number of hydroxylamine groups is 1. The molecule has 1 aliphatic carbocycles.